The van der Waals surface area contributed by atoms with Crippen LogP contribution in [0.5, 0.6) is 0 Å². The molecular weight excluding hydrogens is 669 g/mol. The van der Waals surface area contributed by atoms with Gasteiger partial charge in [-0.2, -0.15) is 0 Å². The SMILES string of the molecule is c1cc2c3c(c1)-n1c4cc5oc6ccc7ccccc7c6c5cc4c4cccc(c41)B3c1cccc3c4cc5c(cc4n-2c13)[nH]c1ccc2ccccc2c15. The van der Waals surface area contributed by atoms with Crippen LogP contribution in [0.3, 0.4) is 0 Å². The van der Waals surface area contributed by atoms with Crippen molar-refractivity contribution in [1.29, 1.82) is 0 Å². The van der Waals surface area contributed by atoms with Crippen LogP contribution in [0.2, 0.25) is 0 Å². The third-order valence-electron chi connectivity index (χ3n) is 13.2. The predicted molar refractivity (Wildman–Crippen MR) is 231 cm³/mol. The molecule has 0 aliphatic carbocycles. The summed E-state index contributed by atoms with van der Waals surface area (Å²) in [5.74, 6) is 0. The standard InChI is InChI=1S/C50H26BN3O/c1-3-10-28-26(8-1)18-20-38-46(28)34-22-32-30-12-5-14-36-49(30)53(42(32)24-39(34)52-38)40-16-7-17-41-48(40)51(36)37-15-6-13-31-33-23-35-45(25-43(33)54(41)50(31)37)55-44-21-19-27-9-2-4-11-29(27)47(35)44/h1-25,52H. The monoisotopic (exact) mass is 695 g/mol. The number of nitrogens with one attached hydrogen (secondary N) is 1. The summed E-state index contributed by atoms with van der Waals surface area (Å²) in [6.07, 6.45) is 0. The van der Waals surface area contributed by atoms with Gasteiger partial charge in [0.1, 0.15) is 11.2 Å². The molecule has 9 aromatic carbocycles. The summed E-state index contributed by atoms with van der Waals surface area (Å²) >= 11 is 0. The maximum Gasteiger partial charge on any atom is 0.252 e. The van der Waals surface area contributed by atoms with Gasteiger partial charge in [0.2, 0.25) is 0 Å². The zero-order chi connectivity index (χ0) is 35.3. The highest BCUT2D eigenvalue weighted by Gasteiger charge is 2.40. The number of aromatic nitrogens is 3. The Bertz CT molecular complexity index is 3710. The first-order valence-corrected chi connectivity index (χ1v) is 19.1. The molecule has 0 radical (unpaired) electrons. The summed E-state index contributed by atoms with van der Waals surface area (Å²) in [5.41, 5.74) is 15.8. The van der Waals surface area contributed by atoms with E-state index in [1.54, 1.807) is 0 Å². The molecule has 0 unspecified atom stereocenters. The molecule has 13 aromatic rings. The molecule has 6 heterocycles. The van der Waals surface area contributed by atoms with Crippen molar-refractivity contribution in [2.75, 3.05) is 0 Å². The molecule has 0 saturated heterocycles. The van der Waals surface area contributed by atoms with Crippen molar-refractivity contribution >= 4 is 132 Å². The van der Waals surface area contributed by atoms with E-state index >= 15 is 0 Å². The largest absolute Gasteiger partial charge is 0.456 e. The average Bonchev–Trinajstić information content (AvgIpc) is 3.97. The quantitative estimate of drug-likeness (QED) is 0.158. The van der Waals surface area contributed by atoms with Crippen LogP contribution in [-0.4, -0.2) is 20.8 Å². The second kappa shape index (κ2) is 9.10. The molecule has 0 fully saturated rings. The van der Waals surface area contributed by atoms with Gasteiger partial charge in [0.15, 0.2) is 0 Å². The van der Waals surface area contributed by atoms with Crippen molar-refractivity contribution in [2.45, 2.75) is 0 Å². The minimum absolute atomic E-state index is 0.106. The number of nitrogens with zero attached hydrogens (tertiary/aromatic N) is 2. The Hall–Kier alpha value is -7.24. The highest BCUT2D eigenvalue weighted by Crippen LogP contribution is 2.44. The summed E-state index contributed by atoms with van der Waals surface area (Å²) in [4.78, 5) is 3.81. The van der Waals surface area contributed by atoms with Gasteiger partial charge in [0.05, 0.1) is 11.0 Å². The molecular formula is C50H26BN3O. The lowest BCUT2D eigenvalue weighted by Gasteiger charge is -2.33. The third kappa shape index (κ3) is 3.07. The molecule has 0 bridgehead atoms. The van der Waals surface area contributed by atoms with Crippen LogP contribution in [0.4, 0.5) is 0 Å². The highest BCUT2D eigenvalue weighted by molar-refractivity contribution is 7.00. The van der Waals surface area contributed by atoms with Crippen LogP contribution in [0.15, 0.2) is 156 Å². The Morgan fingerprint density at radius 2 is 1.02 bits per heavy atom. The maximum absolute atomic E-state index is 6.66. The van der Waals surface area contributed by atoms with Gasteiger partial charge in [-0.15, -0.1) is 0 Å². The highest BCUT2D eigenvalue weighted by atomic mass is 16.3. The fourth-order valence-electron chi connectivity index (χ4n) is 11.1. The van der Waals surface area contributed by atoms with E-state index in [4.69, 9.17) is 4.42 Å². The number of hydrogen-bond donors (Lipinski definition) is 1. The number of hydrogen-bond acceptors (Lipinski definition) is 1. The maximum atomic E-state index is 6.66. The van der Waals surface area contributed by atoms with Crippen LogP contribution in [0.25, 0.3) is 120 Å². The summed E-state index contributed by atoms with van der Waals surface area (Å²) < 4.78 is 11.7. The lowest BCUT2D eigenvalue weighted by molar-refractivity contribution is 0.669. The molecule has 0 amide bonds. The summed E-state index contributed by atoms with van der Waals surface area (Å²) in [6.45, 7) is 0.106. The molecule has 0 saturated carbocycles. The van der Waals surface area contributed by atoms with Gasteiger partial charge in [-0.3, -0.25) is 0 Å². The van der Waals surface area contributed by atoms with Gasteiger partial charge < -0.3 is 18.5 Å². The van der Waals surface area contributed by atoms with Crippen LogP contribution in [-0.2, 0) is 0 Å². The van der Waals surface area contributed by atoms with Crippen LogP contribution in [0, 0.1) is 0 Å². The lowest BCUT2D eigenvalue weighted by Crippen LogP contribution is -2.59. The Kier molecular flexibility index (Phi) is 4.53. The Labute approximate surface area is 312 Å². The fraction of sp³-hybridized carbons (Fsp3) is 0. The van der Waals surface area contributed by atoms with Crippen LogP contribution < -0.4 is 16.4 Å². The number of fused-ring (bicyclic) bond motifs is 20. The van der Waals surface area contributed by atoms with Gasteiger partial charge >= 0.3 is 0 Å². The van der Waals surface area contributed by atoms with E-state index in [0.29, 0.717) is 0 Å². The molecule has 4 aromatic heterocycles. The summed E-state index contributed by atoms with van der Waals surface area (Å²) in [6, 6.07) is 56.5. The van der Waals surface area contributed by atoms with Gasteiger partial charge in [-0.25, -0.2) is 0 Å². The summed E-state index contributed by atoms with van der Waals surface area (Å²) in [7, 11) is 0. The van der Waals surface area contributed by atoms with Crippen LogP contribution in [0.1, 0.15) is 0 Å². The van der Waals surface area contributed by atoms with E-state index in [2.05, 4.69) is 166 Å². The smallest absolute Gasteiger partial charge is 0.252 e. The van der Waals surface area contributed by atoms with E-state index in [9.17, 15) is 0 Å². The topological polar surface area (TPSA) is 38.8 Å². The zero-order valence-electron chi connectivity index (χ0n) is 29.3. The van der Waals surface area contributed by atoms with Crippen molar-refractivity contribution in [3.63, 3.8) is 0 Å². The molecule has 15 rings (SSSR count). The minimum Gasteiger partial charge on any atom is -0.456 e. The second-order valence-corrected chi connectivity index (χ2v) is 15.7. The number of furan rings is 1. The Morgan fingerprint density at radius 3 is 1.75 bits per heavy atom. The molecule has 0 spiro atoms. The van der Waals surface area contributed by atoms with E-state index in [-0.39, 0.29) is 6.71 Å². The van der Waals surface area contributed by atoms with E-state index < -0.39 is 0 Å². The van der Waals surface area contributed by atoms with Crippen molar-refractivity contribution < 1.29 is 4.42 Å². The molecule has 55 heavy (non-hydrogen) atoms. The minimum atomic E-state index is 0.106. The van der Waals surface area contributed by atoms with Gasteiger partial charge in [-0.1, -0.05) is 103 Å². The molecule has 2 aliphatic heterocycles. The molecule has 250 valence electrons. The zero-order valence-corrected chi connectivity index (χ0v) is 29.3. The lowest BCUT2D eigenvalue weighted by atomic mass is 9.34. The molecule has 4 nitrogen and oxygen atoms in total. The van der Waals surface area contributed by atoms with E-state index in [1.807, 2.05) is 0 Å². The molecule has 2 aliphatic rings. The van der Waals surface area contributed by atoms with Crippen molar-refractivity contribution in [3.05, 3.63) is 152 Å². The van der Waals surface area contributed by atoms with Crippen LogP contribution >= 0.6 is 0 Å². The normalized spacial score (nSPS) is 13.4. The van der Waals surface area contributed by atoms with E-state index in [0.717, 1.165) is 16.7 Å². The first kappa shape index (κ1) is 27.4. The fourth-order valence-corrected chi connectivity index (χ4v) is 11.1. The molecule has 5 heteroatoms. The number of H-pyrrole nitrogens is 1. The Balaban J connectivity index is 1.07. The molecule has 1 N–H and O–H groups in total. The van der Waals surface area contributed by atoms with Gasteiger partial charge in [0.25, 0.3) is 6.71 Å². The van der Waals surface area contributed by atoms with E-state index in [1.165, 1.54) is 120 Å². The number of para-hydroxylation sites is 2. The number of aromatic amines is 1. The van der Waals surface area contributed by atoms with Gasteiger partial charge in [0, 0.05) is 82.6 Å². The van der Waals surface area contributed by atoms with Gasteiger partial charge in [-0.05, 0) is 80.4 Å². The predicted octanol–water partition coefficient (Wildman–Crippen LogP) is 10.9. The van der Waals surface area contributed by atoms with Crippen molar-refractivity contribution in [2.24, 2.45) is 0 Å². The second-order valence-electron chi connectivity index (χ2n) is 15.7. The average molecular weight is 696 g/mol. The summed E-state index contributed by atoms with van der Waals surface area (Å²) in [5, 5.41) is 15.1. The first-order valence-electron chi connectivity index (χ1n) is 19.1. The molecule has 0 atom stereocenters. The van der Waals surface area contributed by atoms with Crippen molar-refractivity contribution in [1.82, 2.24) is 14.1 Å². The van der Waals surface area contributed by atoms with Crippen molar-refractivity contribution in [3.8, 4) is 11.4 Å². The number of rotatable bonds is 0. The first-order chi connectivity index (χ1) is 27.3. The third-order valence-corrected chi connectivity index (χ3v) is 13.2. The Morgan fingerprint density at radius 1 is 0.418 bits per heavy atom. The number of benzene rings is 9.